The fourth-order valence-electron chi connectivity index (χ4n) is 3.67. The molecule has 2 aromatic rings. The highest BCUT2D eigenvalue weighted by Crippen LogP contribution is 2.30. The van der Waals surface area contributed by atoms with Gasteiger partial charge >= 0.3 is 0 Å². The van der Waals surface area contributed by atoms with Crippen LogP contribution in [0.15, 0.2) is 30.3 Å². The molecule has 0 spiro atoms. The maximum Gasteiger partial charge on any atom is 0.168 e. The minimum Gasteiger partial charge on any atom is -0.369 e. The van der Waals surface area contributed by atoms with Gasteiger partial charge in [-0.05, 0) is 55.7 Å². The smallest absolute Gasteiger partial charge is 0.168 e. The van der Waals surface area contributed by atoms with Gasteiger partial charge < -0.3 is 4.90 Å². The number of benzene rings is 1. The van der Waals surface area contributed by atoms with Gasteiger partial charge in [0.25, 0.3) is 0 Å². The molecule has 0 bridgehead atoms. The van der Waals surface area contributed by atoms with Crippen LogP contribution in [0.4, 0.5) is 5.69 Å². The molecule has 1 atom stereocenters. The molecular weight excluding hydrogens is 324 g/mol. The lowest BCUT2D eigenvalue weighted by atomic mass is 9.99. The Morgan fingerprint density at radius 1 is 1.00 bits per heavy atom. The first-order valence-electron chi connectivity index (χ1n) is 9.69. The van der Waals surface area contributed by atoms with Gasteiger partial charge in [0.2, 0.25) is 0 Å². The summed E-state index contributed by atoms with van der Waals surface area (Å²) in [5.41, 5.74) is 1.20. The number of anilines is 1. The summed E-state index contributed by atoms with van der Waals surface area (Å²) in [6.45, 7) is 15.2. The lowest BCUT2D eigenvalue weighted by Crippen LogP contribution is -2.48. The Hall–Kier alpha value is -1.95. The third kappa shape index (κ3) is 4.23. The van der Waals surface area contributed by atoms with Crippen LogP contribution in [-0.4, -0.2) is 51.3 Å². The zero-order valence-corrected chi connectivity index (χ0v) is 16.8. The van der Waals surface area contributed by atoms with Crippen molar-refractivity contribution in [1.82, 2.24) is 25.1 Å². The molecule has 1 aliphatic heterocycles. The number of hydrogen-bond acceptors (Lipinski definition) is 5. The lowest BCUT2D eigenvalue weighted by Gasteiger charge is -2.40. The van der Waals surface area contributed by atoms with E-state index >= 15 is 0 Å². The second-order valence-corrected chi connectivity index (χ2v) is 8.62. The molecule has 1 saturated heterocycles. The van der Waals surface area contributed by atoms with Gasteiger partial charge in [-0.3, -0.25) is 4.90 Å². The number of para-hydroxylation sites is 1. The average molecular weight is 357 g/mol. The van der Waals surface area contributed by atoms with Gasteiger partial charge in [0.1, 0.15) is 0 Å². The topological polar surface area (TPSA) is 50.1 Å². The molecule has 1 fully saturated rings. The van der Waals surface area contributed by atoms with E-state index in [4.69, 9.17) is 0 Å². The van der Waals surface area contributed by atoms with Gasteiger partial charge in [0.15, 0.2) is 5.82 Å². The third-order valence-corrected chi connectivity index (χ3v) is 5.00. The molecule has 0 radical (unpaired) electrons. The normalized spacial score (nSPS) is 17.7. The zero-order chi connectivity index (χ0) is 18.7. The molecular formula is C20H32N6. The third-order valence-electron chi connectivity index (χ3n) is 5.00. The van der Waals surface area contributed by atoms with E-state index in [-0.39, 0.29) is 11.6 Å². The van der Waals surface area contributed by atoms with Gasteiger partial charge in [0.05, 0.1) is 11.6 Å². The van der Waals surface area contributed by atoms with E-state index in [1.165, 1.54) is 5.69 Å². The van der Waals surface area contributed by atoms with Crippen molar-refractivity contribution in [3.63, 3.8) is 0 Å². The van der Waals surface area contributed by atoms with Gasteiger partial charge in [-0.1, -0.05) is 32.0 Å². The Kier molecular flexibility index (Phi) is 5.61. The zero-order valence-electron chi connectivity index (χ0n) is 16.8. The largest absolute Gasteiger partial charge is 0.369 e. The van der Waals surface area contributed by atoms with E-state index in [2.05, 4.69) is 90.3 Å². The summed E-state index contributed by atoms with van der Waals surface area (Å²) in [5, 5.41) is 12.7. The molecule has 0 amide bonds. The highest BCUT2D eigenvalue weighted by atomic mass is 15.6. The van der Waals surface area contributed by atoms with Crippen LogP contribution in [0.1, 0.15) is 52.9 Å². The average Bonchev–Trinajstić information content (AvgIpc) is 3.10. The molecule has 3 rings (SSSR count). The highest BCUT2D eigenvalue weighted by Gasteiger charge is 2.32. The van der Waals surface area contributed by atoms with E-state index < -0.39 is 0 Å². The van der Waals surface area contributed by atoms with Crippen LogP contribution >= 0.6 is 0 Å². The second-order valence-electron chi connectivity index (χ2n) is 8.62. The molecule has 1 aromatic carbocycles. The minimum atomic E-state index is -0.111. The molecule has 0 saturated carbocycles. The van der Waals surface area contributed by atoms with E-state index in [9.17, 15) is 0 Å². The van der Waals surface area contributed by atoms with Gasteiger partial charge in [-0.15, -0.1) is 5.10 Å². The predicted octanol–water partition coefficient (Wildman–Crippen LogP) is 3.34. The summed E-state index contributed by atoms with van der Waals surface area (Å²) in [6.07, 6.45) is 1.07. The summed E-state index contributed by atoms with van der Waals surface area (Å²) in [7, 11) is 0. The molecule has 1 unspecified atom stereocenters. The molecule has 6 heteroatoms. The van der Waals surface area contributed by atoms with Crippen LogP contribution < -0.4 is 4.90 Å². The predicted molar refractivity (Wildman–Crippen MR) is 105 cm³/mol. The van der Waals surface area contributed by atoms with Crippen molar-refractivity contribution in [1.29, 1.82) is 0 Å². The number of piperazine rings is 1. The monoisotopic (exact) mass is 356 g/mol. The van der Waals surface area contributed by atoms with Crippen molar-refractivity contribution in [3.05, 3.63) is 36.2 Å². The molecule has 1 aromatic heterocycles. The summed E-state index contributed by atoms with van der Waals surface area (Å²) in [5.74, 6) is 1.59. The SMILES string of the molecule is CC(C)CC(c1nnnn1C(C)(C)C)N1CCN(c2ccccc2)CC1. The summed E-state index contributed by atoms with van der Waals surface area (Å²) in [6, 6.07) is 11.0. The van der Waals surface area contributed by atoms with Crippen LogP contribution in [0.2, 0.25) is 0 Å². The van der Waals surface area contributed by atoms with E-state index in [0.717, 1.165) is 38.4 Å². The fourth-order valence-corrected chi connectivity index (χ4v) is 3.67. The highest BCUT2D eigenvalue weighted by molar-refractivity contribution is 5.46. The Morgan fingerprint density at radius 2 is 1.65 bits per heavy atom. The number of aromatic nitrogens is 4. The van der Waals surface area contributed by atoms with Crippen LogP contribution in [-0.2, 0) is 5.54 Å². The first-order valence-corrected chi connectivity index (χ1v) is 9.69. The number of tetrazole rings is 1. The Labute approximate surface area is 157 Å². The summed E-state index contributed by atoms with van der Waals surface area (Å²) in [4.78, 5) is 5.03. The molecule has 0 N–H and O–H groups in total. The van der Waals surface area contributed by atoms with Crippen molar-refractivity contribution < 1.29 is 0 Å². The van der Waals surface area contributed by atoms with Gasteiger partial charge in [-0.2, -0.15) is 0 Å². The molecule has 0 aliphatic carbocycles. The molecule has 2 heterocycles. The first-order chi connectivity index (χ1) is 12.4. The van der Waals surface area contributed by atoms with Crippen molar-refractivity contribution in [3.8, 4) is 0 Å². The summed E-state index contributed by atoms with van der Waals surface area (Å²) >= 11 is 0. The van der Waals surface area contributed by atoms with Crippen LogP contribution in [0.5, 0.6) is 0 Å². The first kappa shape index (κ1) is 18.8. The van der Waals surface area contributed by atoms with Crippen molar-refractivity contribution in [2.24, 2.45) is 5.92 Å². The Balaban J connectivity index is 1.77. The second kappa shape index (κ2) is 7.74. The minimum absolute atomic E-state index is 0.111. The fraction of sp³-hybridized carbons (Fsp3) is 0.650. The number of nitrogens with zero attached hydrogens (tertiary/aromatic N) is 6. The van der Waals surface area contributed by atoms with Crippen LogP contribution in [0, 0.1) is 5.92 Å². The molecule has 1 aliphatic rings. The Morgan fingerprint density at radius 3 is 2.23 bits per heavy atom. The maximum absolute atomic E-state index is 4.44. The lowest BCUT2D eigenvalue weighted by molar-refractivity contribution is 0.146. The van der Waals surface area contributed by atoms with Gasteiger partial charge in [-0.25, -0.2) is 4.68 Å². The van der Waals surface area contributed by atoms with E-state index in [1.807, 2.05) is 4.68 Å². The number of hydrogen-bond donors (Lipinski definition) is 0. The quantitative estimate of drug-likeness (QED) is 0.822. The van der Waals surface area contributed by atoms with Crippen LogP contribution in [0.25, 0.3) is 0 Å². The van der Waals surface area contributed by atoms with Crippen molar-refractivity contribution in [2.75, 3.05) is 31.1 Å². The van der Waals surface area contributed by atoms with Crippen molar-refractivity contribution >= 4 is 5.69 Å². The van der Waals surface area contributed by atoms with E-state index in [1.54, 1.807) is 0 Å². The molecule has 26 heavy (non-hydrogen) atoms. The van der Waals surface area contributed by atoms with Crippen molar-refractivity contribution in [2.45, 2.75) is 52.6 Å². The van der Waals surface area contributed by atoms with Crippen LogP contribution in [0.3, 0.4) is 0 Å². The maximum atomic E-state index is 4.44. The number of rotatable bonds is 5. The molecule has 6 nitrogen and oxygen atoms in total. The standard InChI is InChI=1S/C20H32N6/c1-16(2)15-18(19-21-22-23-26(19)20(3,4)5)25-13-11-24(12-14-25)17-9-7-6-8-10-17/h6-10,16,18H,11-15H2,1-5H3. The Bertz CT molecular complexity index is 680. The van der Waals surface area contributed by atoms with Gasteiger partial charge in [0, 0.05) is 31.9 Å². The van der Waals surface area contributed by atoms with E-state index in [0.29, 0.717) is 5.92 Å². The summed E-state index contributed by atoms with van der Waals surface area (Å²) < 4.78 is 2.00. The molecule has 142 valence electrons.